The second kappa shape index (κ2) is 4.57. The number of rotatable bonds is 1. The number of hydrogen-bond donors (Lipinski definition) is 2. The molecule has 1 fully saturated rings. The van der Waals surface area contributed by atoms with E-state index in [0.29, 0.717) is 18.7 Å². The van der Waals surface area contributed by atoms with E-state index >= 15 is 0 Å². The van der Waals surface area contributed by atoms with Crippen LogP contribution in [0.2, 0.25) is 0 Å². The molecule has 1 aromatic carbocycles. The highest BCUT2D eigenvalue weighted by molar-refractivity contribution is 5.94. The maximum absolute atomic E-state index is 13.4. The zero-order valence-electron chi connectivity index (χ0n) is 10.7. The number of nitrogens with two attached hydrogens (primary N) is 1. The third kappa shape index (κ3) is 2.61. The van der Waals surface area contributed by atoms with Crippen molar-refractivity contribution in [2.75, 3.05) is 25.4 Å². The highest BCUT2D eigenvalue weighted by Gasteiger charge is 2.29. The summed E-state index contributed by atoms with van der Waals surface area (Å²) in [5.74, 6) is -0.696. The number of anilines is 1. The minimum atomic E-state index is -0.546. The number of nitrogens with zero attached hydrogens (tertiary/aromatic N) is 1. The molecule has 1 aliphatic rings. The predicted octanol–water partition coefficient (Wildman–Crippen LogP) is 1.23. The van der Waals surface area contributed by atoms with Crippen LogP contribution in [-0.4, -0.2) is 36.0 Å². The average molecular weight is 251 g/mol. The number of nitrogens with one attached hydrogen (secondary N) is 1. The van der Waals surface area contributed by atoms with Crippen molar-refractivity contribution in [2.24, 2.45) is 0 Å². The molecule has 1 saturated heterocycles. The van der Waals surface area contributed by atoms with Crippen molar-refractivity contribution in [3.63, 3.8) is 0 Å². The van der Waals surface area contributed by atoms with Gasteiger partial charge in [0.15, 0.2) is 0 Å². The zero-order chi connectivity index (χ0) is 13.3. The molecule has 0 spiro atoms. The van der Waals surface area contributed by atoms with Gasteiger partial charge in [-0.05, 0) is 32.0 Å². The Kier molecular flexibility index (Phi) is 3.26. The molecular formula is C13H18FN3O. The quantitative estimate of drug-likeness (QED) is 0.738. The molecule has 1 aliphatic heterocycles. The first-order valence-electron chi connectivity index (χ1n) is 5.98. The lowest BCUT2D eigenvalue weighted by molar-refractivity contribution is 0.0651. The lowest BCUT2D eigenvalue weighted by atomic mass is 10.0. The number of nitrogen functional groups attached to an aromatic ring is 1. The minimum absolute atomic E-state index is 0.0622. The molecule has 2 rings (SSSR count). The van der Waals surface area contributed by atoms with E-state index in [1.54, 1.807) is 11.0 Å². The van der Waals surface area contributed by atoms with Crippen molar-refractivity contribution >= 4 is 11.6 Å². The third-order valence-electron chi connectivity index (χ3n) is 3.11. The van der Waals surface area contributed by atoms with Crippen LogP contribution < -0.4 is 11.1 Å². The number of benzene rings is 1. The molecule has 1 aromatic rings. The van der Waals surface area contributed by atoms with Gasteiger partial charge in [0.25, 0.3) is 5.91 Å². The molecule has 0 unspecified atom stereocenters. The SMILES string of the molecule is CC1(C)CN(C(=O)c2ccc(N)c(F)c2)CCN1. The topological polar surface area (TPSA) is 58.4 Å². The summed E-state index contributed by atoms with van der Waals surface area (Å²) >= 11 is 0. The fraction of sp³-hybridized carbons (Fsp3) is 0.462. The van der Waals surface area contributed by atoms with E-state index < -0.39 is 5.82 Å². The van der Waals surface area contributed by atoms with Gasteiger partial charge in [-0.1, -0.05) is 0 Å². The molecule has 18 heavy (non-hydrogen) atoms. The molecule has 0 aliphatic carbocycles. The predicted molar refractivity (Wildman–Crippen MR) is 68.8 cm³/mol. The van der Waals surface area contributed by atoms with Crippen LogP contribution in [0.4, 0.5) is 10.1 Å². The van der Waals surface area contributed by atoms with Gasteiger partial charge in [0.05, 0.1) is 5.69 Å². The Balaban J connectivity index is 2.18. The number of amides is 1. The van der Waals surface area contributed by atoms with Gasteiger partial charge in [0.1, 0.15) is 5.82 Å². The van der Waals surface area contributed by atoms with E-state index in [4.69, 9.17) is 5.73 Å². The normalized spacial score (nSPS) is 18.7. The van der Waals surface area contributed by atoms with Crippen LogP contribution in [0.15, 0.2) is 18.2 Å². The van der Waals surface area contributed by atoms with Gasteiger partial charge in [-0.2, -0.15) is 0 Å². The van der Waals surface area contributed by atoms with Gasteiger partial charge in [-0.25, -0.2) is 4.39 Å². The van der Waals surface area contributed by atoms with Crippen molar-refractivity contribution in [1.82, 2.24) is 10.2 Å². The summed E-state index contributed by atoms with van der Waals surface area (Å²) in [6.07, 6.45) is 0. The van der Waals surface area contributed by atoms with Crippen molar-refractivity contribution in [3.8, 4) is 0 Å². The molecule has 0 radical (unpaired) electrons. The lowest BCUT2D eigenvalue weighted by Gasteiger charge is -2.39. The number of carbonyl (C=O) groups is 1. The van der Waals surface area contributed by atoms with Crippen LogP contribution in [0, 0.1) is 5.82 Å². The number of halogens is 1. The lowest BCUT2D eigenvalue weighted by Crippen LogP contribution is -2.58. The Morgan fingerprint density at radius 1 is 1.50 bits per heavy atom. The van der Waals surface area contributed by atoms with E-state index in [1.165, 1.54) is 12.1 Å². The molecule has 0 atom stereocenters. The molecular weight excluding hydrogens is 233 g/mol. The third-order valence-corrected chi connectivity index (χ3v) is 3.11. The van der Waals surface area contributed by atoms with Crippen LogP contribution in [-0.2, 0) is 0 Å². The van der Waals surface area contributed by atoms with Crippen molar-refractivity contribution < 1.29 is 9.18 Å². The van der Waals surface area contributed by atoms with Crippen molar-refractivity contribution in [2.45, 2.75) is 19.4 Å². The van der Waals surface area contributed by atoms with Gasteiger partial charge < -0.3 is 16.0 Å². The van der Waals surface area contributed by atoms with Crippen LogP contribution in [0.5, 0.6) is 0 Å². The number of piperazine rings is 1. The summed E-state index contributed by atoms with van der Waals surface area (Å²) in [4.78, 5) is 14.0. The van der Waals surface area contributed by atoms with Gasteiger partial charge in [0, 0.05) is 30.7 Å². The molecule has 3 N–H and O–H groups in total. The van der Waals surface area contributed by atoms with Crippen molar-refractivity contribution in [3.05, 3.63) is 29.6 Å². The first-order valence-corrected chi connectivity index (χ1v) is 5.98. The van der Waals surface area contributed by atoms with Crippen LogP contribution >= 0.6 is 0 Å². The van der Waals surface area contributed by atoms with E-state index in [1.807, 2.05) is 13.8 Å². The van der Waals surface area contributed by atoms with E-state index in [0.717, 1.165) is 6.54 Å². The molecule has 0 aromatic heterocycles. The number of hydrogen-bond acceptors (Lipinski definition) is 3. The monoisotopic (exact) mass is 251 g/mol. The molecule has 5 heteroatoms. The summed E-state index contributed by atoms with van der Waals surface area (Å²) in [5, 5.41) is 3.33. The molecule has 0 saturated carbocycles. The van der Waals surface area contributed by atoms with E-state index in [2.05, 4.69) is 5.32 Å². The zero-order valence-corrected chi connectivity index (χ0v) is 10.7. The first kappa shape index (κ1) is 12.8. The van der Waals surface area contributed by atoms with Gasteiger partial charge >= 0.3 is 0 Å². The fourth-order valence-electron chi connectivity index (χ4n) is 2.16. The van der Waals surface area contributed by atoms with Crippen LogP contribution in [0.25, 0.3) is 0 Å². The maximum atomic E-state index is 13.4. The summed E-state index contributed by atoms with van der Waals surface area (Å²) in [6.45, 7) is 6.06. The van der Waals surface area contributed by atoms with Crippen LogP contribution in [0.3, 0.4) is 0 Å². The van der Waals surface area contributed by atoms with Gasteiger partial charge in [-0.3, -0.25) is 4.79 Å². The average Bonchev–Trinajstić information content (AvgIpc) is 2.30. The Labute approximate surface area is 106 Å². The summed E-state index contributed by atoms with van der Waals surface area (Å²) in [7, 11) is 0. The Hall–Kier alpha value is -1.62. The van der Waals surface area contributed by atoms with Crippen molar-refractivity contribution in [1.29, 1.82) is 0 Å². The van der Waals surface area contributed by atoms with E-state index in [-0.39, 0.29) is 17.1 Å². The first-order chi connectivity index (χ1) is 8.39. The highest BCUT2D eigenvalue weighted by Crippen LogP contribution is 2.17. The smallest absolute Gasteiger partial charge is 0.254 e. The molecule has 4 nitrogen and oxygen atoms in total. The molecule has 1 amide bonds. The number of carbonyl (C=O) groups excluding carboxylic acids is 1. The second-order valence-corrected chi connectivity index (χ2v) is 5.27. The minimum Gasteiger partial charge on any atom is -0.396 e. The van der Waals surface area contributed by atoms with Gasteiger partial charge in [0.2, 0.25) is 0 Å². The second-order valence-electron chi connectivity index (χ2n) is 5.27. The van der Waals surface area contributed by atoms with E-state index in [9.17, 15) is 9.18 Å². The summed E-state index contributed by atoms with van der Waals surface area (Å²) in [6, 6.07) is 4.19. The van der Waals surface area contributed by atoms with Gasteiger partial charge in [-0.15, -0.1) is 0 Å². The maximum Gasteiger partial charge on any atom is 0.254 e. The Morgan fingerprint density at radius 3 is 2.83 bits per heavy atom. The Bertz CT molecular complexity index is 473. The summed E-state index contributed by atoms with van der Waals surface area (Å²) in [5.41, 5.74) is 5.70. The fourth-order valence-corrected chi connectivity index (χ4v) is 2.16. The standard InChI is InChI=1S/C13H18FN3O/c1-13(2)8-17(6-5-16-13)12(18)9-3-4-11(15)10(14)7-9/h3-4,7,16H,5-6,8,15H2,1-2H3. The highest BCUT2D eigenvalue weighted by atomic mass is 19.1. The molecule has 1 heterocycles. The summed E-state index contributed by atoms with van der Waals surface area (Å²) < 4.78 is 13.4. The van der Waals surface area contributed by atoms with Crippen LogP contribution in [0.1, 0.15) is 24.2 Å². The Morgan fingerprint density at radius 2 is 2.22 bits per heavy atom. The molecule has 98 valence electrons. The molecule has 0 bridgehead atoms. The largest absolute Gasteiger partial charge is 0.396 e.